The molecule has 25 heavy (non-hydrogen) atoms. The van der Waals surface area contributed by atoms with Crippen molar-refractivity contribution in [1.82, 2.24) is 20.6 Å². The van der Waals surface area contributed by atoms with E-state index >= 15 is 0 Å². The van der Waals surface area contributed by atoms with E-state index in [9.17, 15) is 4.79 Å². The van der Waals surface area contributed by atoms with Gasteiger partial charge < -0.3 is 10.6 Å². The zero-order valence-electron chi connectivity index (χ0n) is 14.1. The molecule has 2 atom stereocenters. The quantitative estimate of drug-likeness (QED) is 0.773. The van der Waals surface area contributed by atoms with Gasteiger partial charge in [0.15, 0.2) is 0 Å². The highest BCUT2D eigenvalue weighted by Gasteiger charge is 2.18. The van der Waals surface area contributed by atoms with Gasteiger partial charge in [-0.1, -0.05) is 0 Å². The first-order chi connectivity index (χ1) is 11.2. The molecule has 3 heterocycles. The van der Waals surface area contributed by atoms with E-state index in [1.807, 2.05) is 24.4 Å². The molecule has 5 nitrogen and oxygen atoms in total. The Morgan fingerprint density at radius 2 is 2.16 bits per heavy atom. The highest BCUT2D eigenvalue weighted by molar-refractivity contribution is 7.10. The molecule has 0 aliphatic carbocycles. The Morgan fingerprint density at radius 3 is 2.84 bits per heavy atom. The molecule has 8 heteroatoms. The molecule has 1 aliphatic rings. The first kappa shape index (κ1) is 21.8. The molecular formula is C17H24Cl2N4OS. The third-order valence-electron chi connectivity index (χ3n) is 4.19. The number of pyridine rings is 1. The van der Waals surface area contributed by atoms with Gasteiger partial charge in [-0.25, -0.2) is 4.98 Å². The fraction of sp³-hybridized carbons (Fsp3) is 0.471. The zero-order valence-corrected chi connectivity index (χ0v) is 16.6. The van der Waals surface area contributed by atoms with Crippen molar-refractivity contribution in [3.05, 3.63) is 34.9 Å². The first-order valence-electron chi connectivity index (χ1n) is 8.08. The molecule has 1 saturated heterocycles. The second-order valence-electron chi connectivity index (χ2n) is 5.99. The van der Waals surface area contributed by atoms with Crippen LogP contribution < -0.4 is 10.6 Å². The van der Waals surface area contributed by atoms with Crippen molar-refractivity contribution in [2.45, 2.75) is 32.2 Å². The summed E-state index contributed by atoms with van der Waals surface area (Å²) in [6.45, 7) is 4.12. The van der Waals surface area contributed by atoms with Crippen LogP contribution in [0.4, 0.5) is 0 Å². The van der Waals surface area contributed by atoms with Crippen molar-refractivity contribution >= 4 is 42.1 Å². The number of thiazole rings is 1. The van der Waals surface area contributed by atoms with Crippen LogP contribution in [0.25, 0.3) is 11.3 Å². The summed E-state index contributed by atoms with van der Waals surface area (Å²) in [5, 5.41) is 9.36. The normalized spacial score (nSPS) is 17.2. The molecular weight excluding hydrogens is 379 g/mol. The van der Waals surface area contributed by atoms with Crippen LogP contribution in [-0.4, -0.2) is 29.0 Å². The lowest BCUT2D eigenvalue weighted by atomic mass is 10.0. The third kappa shape index (κ3) is 6.22. The summed E-state index contributed by atoms with van der Waals surface area (Å²) in [6.07, 6.45) is 6.27. The summed E-state index contributed by atoms with van der Waals surface area (Å²) in [7, 11) is 0. The predicted molar refractivity (Wildman–Crippen MR) is 107 cm³/mol. The van der Waals surface area contributed by atoms with Gasteiger partial charge >= 0.3 is 0 Å². The Bertz CT molecular complexity index is 647. The average Bonchev–Trinajstić information content (AvgIpc) is 3.25. The molecule has 1 fully saturated rings. The minimum atomic E-state index is -0.0511. The molecule has 138 valence electrons. The lowest BCUT2D eigenvalue weighted by Crippen LogP contribution is -2.27. The van der Waals surface area contributed by atoms with Crippen molar-refractivity contribution in [2.24, 2.45) is 5.92 Å². The Hall–Kier alpha value is -1.21. The number of hydrogen-bond acceptors (Lipinski definition) is 5. The van der Waals surface area contributed by atoms with Gasteiger partial charge in [-0.2, -0.15) is 0 Å². The van der Waals surface area contributed by atoms with E-state index in [1.54, 1.807) is 23.7 Å². The Morgan fingerprint density at radius 1 is 1.40 bits per heavy atom. The highest BCUT2D eigenvalue weighted by Crippen LogP contribution is 2.25. The van der Waals surface area contributed by atoms with Gasteiger partial charge in [0.05, 0.1) is 11.7 Å². The van der Waals surface area contributed by atoms with E-state index in [-0.39, 0.29) is 36.8 Å². The van der Waals surface area contributed by atoms with E-state index < -0.39 is 0 Å². The van der Waals surface area contributed by atoms with Crippen LogP contribution in [0.3, 0.4) is 0 Å². The number of hydrogen-bond donors (Lipinski definition) is 2. The second kappa shape index (κ2) is 10.7. The van der Waals surface area contributed by atoms with Gasteiger partial charge in [0.2, 0.25) is 5.91 Å². The van der Waals surface area contributed by atoms with Crippen molar-refractivity contribution in [3.8, 4) is 11.3 Å². The first-order valence-corrected chi connectivity index (χ1v) is 8.96. The lowest BCUT2D eigenvalue weighted by Gasteiger charge is -2.12. The van der Waals surface area contributed by atoms with Crippen molar-refractivity contribution in [2.75, 3.05) is 13.1 Å². The molecule has 2 N–H and O–H groups in total. The number of nitrogens with one attached hydrogen (secondary N) is 2. The van der Waals surface area contributed by atoms with Gasteiger partial charge in [0, 0.05) is 29.8 Å². The number of carbonyl (C=O) groups is 1. The molecule has 0 spiro atoms. The topological polar surface area (TPSA) is 66.9 Å². The molecule has 1 aliphatic heterocycles. The smallest absolute Gasteiger partial charge is 0.220 e. The van der Waals surface area contributed by atoms with Crippen LogP contribution in [-0.2, 0) is 4.79 Å². The summed E-state index contributed by atoms with van der Waals surface area (Å²) >= 11 is 1.58. The molecule has 0 bridgehead atoms. The number of amides is 1. The fourth-order valence-corrected chi connectivity index (χ4v) is 3.65. The minimum Gasteiger partial charge on any atom is -0.347 e. The SMILES string of the molecule is CC(NC(=O)CCC1CCNC1)c1nc(-c2ccncc2)cs1.Cl.Cl. The molecule has 3 rings (SSSR count). The number of nitrogens with zero attached hydrogens (tertiary/aromatic N) is 2. The van der Waals surface area contributed by atoms with Crippen LogP contribution in [0.2, 0.25) is 0 Å². The molecule has 2 aromatic heterocycles. The number of carbonyl (C=O) groups excluding carboxylic acids is 1. The summed E-state index contributed by atoms with van der Waals surface area (Å²) in [6, 6.07) is 3.83. The zero-order chi connectivity index (χ0) is 16.1. The number of aromatic nitrogens is 2. The largest absolute Gasteiger partial charge is 0.347 e. The van der Waals surface area contributed by atoms with E-state index in [1.165, 1.54) is 6.42 Å². The molecule has 2 unspecified atom stereocenters. The Labute approximate surface area is 164 Å². The van der Waals surface area contributed by atoms with E-state index in [0.29, 0.717) is 12.3 Å². The summed E-state index contributed by atoms with van der Waals surface area (Å²) < 4.78 is 0. The summed E-state index contributed by atoms with van der Waals surface area (Å²) in [4.78, 5) is 20.8. The molecule has 0 radical (unpaired) electrons. The van der Waals surface area contributed by atoms with Crippen LogP contribution in [0.5, 0.6) is 0 Å². The van der Waals surface area contributed by atoms with Crippen LogP contribution >= 0.6 is 36.2 Å². The van der Waals surface area contributed by atoms with Crippen LogP contribution in [0, 0.1) is 5.92 Å². The van der Waals surface area contributed by atoms with E-state index in [2.05, 4.69) is 20.6 Å². The predicted octanol–water partition coefficient (Wildman–Crippen LogP) is 3.62. The standard InChI is InChI=1S/C17H22N4OS.2ClH/c1-12(20-16(22)3-2-13-4-7-19-10-13)17-21-15(11-23-17)14-5-8-18-9-6-14;;/h5-6,8-9,11-13,19H,2-4,7,10H2,1H3,(H,20,22);2*1H. The van der Waals surface area contributed by atoms with Gasteiger partial charge in [-0.3, -0.25) is 9.78 Å². The maximum Gasteiger partial charge on any atom is 0.220 e. The maximum absolute atomic E-state index is 12.1. The van der Waals surface area contributed by atoms with E-state index in [0.717, 1.165) is 35.8 Å². The Balaban J connectivity index is 0.00000156. The lowest BCUT2D eigenvalue weighted by molar-refractivity contribution is -0.122. The summed E-state index contributed by atoms with van der Waals surface area (Å²) in [5.41, 5.74) is 1.99. The maximum atomic E-state index is 12.1. The van der Waals surface area contributed by atoms with Gasteiger partial charge in [0.1, 0.15) is 5.01 Å². The number of halogens is 2. The third-order valence-corrected chi connectivity index (χ3v) is 5.22. The van der Waals surface area contributed by atoms with Crippen molar-refractivity contribution < 1.29 is 4.79 Å². The minimum absolute atomic E-state index is 0. The fourth-order valence-electron chi connectivity index (χ4n) is 2.81. The van der Waals surface area contributed by atoms with Gasteiger partial charge in [-0.05, 0) is 50.9 Å². The molecule has 0 saturated carbocycles. The van der Waals surface area contributed by atoms with Crippen LogP contribution in [0.15, 0.2) is 29.9 Å². The Kier molecular flexibility index (Phi) is 9.35. The van der Waals surface area contributed by atoms with Crippen molar-refractivity contribution in [1.29, 1.82) is 0 Å². The molecule has 1 amide bonds. The molecule has 2 aromatic rings. The highest BCUT2D eigenvalue weighted by atomic mass is 35.5. The van der Waals surface area contributed by atoms with Crippen LogP contribution in [0.1, 0.15) is 37.2 Å². The molecule has 0 aromatic carbocycles. The second-order valence-corrected chi connectivity index (χ2v) is 6.88. The average molecular weight is 403 g/mol. The van der Waals surface area contributed by atoms with Gasteiger partial charge in [-0.15, -0.1) is 36.2 Å². The summed E-state index contributed by atoms with van der Waals surface area (Å²) in [5.74, 6) is 0.763. The number of rotatable bonds is 6. The van der Waals surface area contributed by atoms with E-state index in [4.69, 9.17) is 0 Å². The monoisotopic (exact) mass is 402 g/mol. The van der Waals surface area contributed by atoms with Crippen molar-refractivity contribution in [3.63, 3.8) is 0 Å². The van der Waals surface area contributed by atoms with Gasteiger partial charge in [0.25, 0.3) is 0 Å².